The Labute approximate surface area is 45.3 Å². The zero-order valence-electron chi connectivity index (χ0n) is 3.96. The highest BCUT2D eigenvalue weighted by atomic mass is 19.2. The van der Waals surface area contributed by atoms with Crippen LogP contribution in [0.4, 0.5) is 8.63 Å². The van der Waals surface area contributed by atoms with Gasteiger partial charge in [-0.1, -0.05) is 0 Å². The van der Waals surface area contributed by atoms with Crippen molar-refractivity contribution in [3.63, 3.8) is 0 Å². The Morgan fingerprint density at radius 2 is 2.25 bits per heavy atom. The summed E-state index contributed by atoms with van der Waals surface area (Å²) < 4.78 is 23.8. The van der Waals surface area contributed by atoms with Crippen molar-refractivity contribution in [2.75, 3.05) is 0 Å². The topological polar surface area (TPSA) is 17.8 Å². The SMILES string of the molecule is FB(F)n1ccnc1. The maximum Gasteiger partial charge on any atom is 0.678 e. The summed E-state index contributed by atoms with van der Waals surface area (Å²) in [5, 5.41) is 0. The molecule has 0 atom stereocenters. The van der Waals surface area contributed by atoms with Crippen molar-refractivity contribution in [2.45, 2.75) is 0 Å². The molecule has 2 nitrogen and oxygen atoms in total. The lowest BCUT2D eigenvalue weighted by Gasteiger charge is -1.88. The van der Waals surface area contributed by atoms with Crippen molar-refractivity contribution >= 4 is 7.40 Å². The third kappa shape index (κ3) is 0.855. The third-order valence-corrected chi connectivity index (χ3v) is 0.750. The highest BCUT2D eigenvalue weighted by molar-refractivity contribution is 6.40. The van der Waals surface area contributed by atoms with E-state index in [0.717, 1.165) is 10.8 Å². The van der Waals surface area contributed by atoms with Crippen LogP contribution in [0.5, 0.6) is 0 Å². The molecule has 0 saturated carbocycles. The van der Waals surface area contributed by atoms with Crippen molar-refractivity contribution < 1.29 is 8.63 Å². The van der Waals surface area contributed by atoms with Gasteiger partial charge in [0.05, 0.1) is 6.33 Å². The highest BCUT2D eigenvalue weighted by Gasteiger charge is 2.13. The molecule has 0 spiro atoms. The van der Waals surface area contributed by atoms with Gasteiger partial charge in [-0.2, -0.15) is 0 Å². The number of aromatic nitrogens is 2. The summed E-state index contributed by atoms with van der Waals surface area (Å²) in [4.78, 5) is 3.43. The van der Waals surface area contributed by atoms with Crippen LogP contribution in [0.15, 0.2) is 18.7 Å². The molecular formula is C3H3BF2N2. The van der Waals surface area contributed by atoms with Gasteiger partial charge in [0.25, 0.3) is 0 Å². The molecule has 0 saturated heterocycles. The average molecular weight is 116 g/mol. The molecule has 1 heterocycles. The van der Waals surface area contributed by atoms with Gasteiger partial charge < -0.3 is 4.48 Å². The number of nitrogens with zero attached hydrogens (tertiary/aromatic N) is 2. The molecule has 8 heavy (non-hydrogen) atoms. The Balaban J connectivity index is 2.77. The van der Waals surface area contributed by atoms with Crippen molar-refractivity contribution in [1.82, 2.24) is 9.46 Å². The minimum Gasteiger partial charge on any atom is -0.322 e. The van der Waals surface area contributed by atoms with E-state index >= 15 is 0 Å². The van der Waals surface area contributed by atoms with Gasteiger partial charge in [-0.25, -0.2) is 4.98 Å². The summed E-state index contributed by atoms with van der Waals surface area (Å²) in [7, 11) is -2.46. The van der Waals surface area contributed by atoms with E-state index in [9.17, 15) is 8.63 Å². The van der Waals surface area contributed by atoms with Crippen LogP contribution < -0.4 is 0 Å². The maximum absolute atomic E-state index is 11.5. The summed E-state index contributed by atoms with van der Waals surface area (Å²) in [6, 6.07) is 0. The molecule has 0 bridgehead atoms. The number of imidazole rings is 1. The van der Waals surface area contributed by atoms with Crippen LogP contribution >= 0.6 is 0 Å². The van der Waals surface area contributed by atoms with Gasteiger partial charge in [0.2, 0.25) is 0 Å². The molecule has 0 unspecified atom stereocenters. The summed E-state index contributed by atoms with van der Waals surface area (Å²) in [5.41, 5.74) is 0. The molecule has 1 aromatic heterocycles. The van der Waals surface area contributed by atoms with Gasteiger partial charge in [-0.15, -0.1) is 0 Å². The molecule has 0 aromatic carbocycles. The fraction of sp³-hybridized carbons (Fsp3) is 0. The monoisotopic (exact) mass is 116 g/mol. The van der Waals surface area contributed by atoms with E-state index in [0.29, 0.717) is 0 Å². The van der Waals surface area contributed by atoms with E-state index < -0.39 is 7.40 Å². The second kappa shape index (κ2) is 1.94. The minimum absolute atomic E-state index is 0.722. The van der Waals surface area contributed by atoms with E-state index in [2.05, 4.69) is 4.98 Å². The summed E-state index contributed by atoms with van der Waals surface area (Å²) in [5.74, 6) is 0. The van der Waals surface area contributed by atoms with Crippen molar-refractivity contribution in [2.24, 2.45) is 0 Å². The Bertz CT molecular complexity index is 150. The fourth-order valence-electron chi connectivity index (χ4n) is 0.385. The second-order valence-corrected chi connectivity index (χ2v) is 1.29. The molecule has 0 radical (unpaired) electrons. The second-order valence-electron chi connectivity index (χ2n) is 1.29. The lowest BCUT2D eigenvalue weighted by atomic mass is 10.2. The number of rotatable bonds is 1. The average Bonchev–Trinajstić information content (AvgIpc) is 2.12. The van der Waals surface area contributed by atoms with Crippen LogP contribution in [-0.2, 0) is 0 Å². The first kappa shape index (κ1) is 5.28. The van der Waals surface area contributed by atoms with Crippen LogP contribution in [0.2, 0.25) is 0 Å². The Kier molecular flexibility index (Phi) is 1.28. The molecular weight excluding hydrogens is 113 g/mol. The molecule has 0 fully saturated rings. The molecule has 42 valence electrons. The summed E-state index contributed by atoms with van der Waals surface area (Å²) in [6.07, 6.45) is 3.60. The number of hydrogen-bond donors (Lipinski definition) is 0. The van der Waals surface area contributed by atoms with Gasteiger partial charge in [0, 0.05) is 12.4 Å². The van der Waals surface area contributed by atoms with Crippen LogP contribution in [0.3, 0.4) is 0 Å². The van der Waals surface area contributed by atoms with Crippen LogP contribution in [0.1, 0.15) is 0 Å². The van der Waals surface area contributed by atoms with Crippen molar-refractivity contribution in [1.29, 1.82) is 0 Å². The first-order valence-electron chi connectivity index (χ1n) is 2.06. The van der Waals surface area contributed by atoms with E-state index in [1.165, 1.54) is 12.4 Å². The molecule has 1 rings (SSSR count). The van der Waals surface area contributed by atoms with Gasteiger partial charge in [0.15, 0.2) is 0 Å². The quantitative estimate of drug-likeness (QED) is 0.492. The predicted octanol–water partition coefficient (Wildman–Crippen LogP) is 0.655. The first-order valence-corrected chi connectivity index (χ1v) is 2.06. The Morgan fingerprint density at radius 1 is 1.50 bits per heavy atom. The number of hydrogen-bond acceptors (Lipinski definition) is 1. The van der Waals surface area contributed by atoms with Gasteiger partial charge in [-0.05, 0) is 0 Å². The van der Waals surface area contributed by atoms with Gasteiger partial charge in [0.1, 0.15) is 0 Å². The molecule has 0 aliphatic rings. The van der Waals surface area contributed by atoms with Crippen molar-refractivity contribution in [3.05, 3.63) is 18.7 Å². The highest BCUT2D eigenvalue weighted by Crippen LogP contribution is 1.91. The zero-order valence-corrected chi connectivity index (χ0v) is 3.96. The van der Waals surface area contributed by atoms with Crippen LogP contribution in [0, 0.1) is 0 Å². The minimum atomic E-state index is -2.46. The molecule has 0 aliphatic heterocycles. The Morgan fingerprint density at radius 3 is 2.50 bits per heavy atom. The largest absolute Gasteiger partial charge is 0.678 e. The Hall–Kier alpha value is -0.865. The van der Waals surface area contributed by atoms with Crippen LogP contribution in [-0.4, -0.2) is 16.9 Å². The predicted molar refractivity (Wildman–Crippen MR) is 25.6 cm³/mol. The lowest BCUT2D eigenvalue weighted by Crippen LogP contribution is -2.09. The van der Waals surface area contributed by atoms with E-state index in [1.807, 2.05) is 0 Å². The number of halogens is 2. The van der Waals surface area contributed by atoms with Gasteiger partial charge in [-0.3, -0.25) is 8.63 Å². The fourth-order valence-corrected chi connectivity index (χ4v) is 0.385. The molecule has 0 N–H and O–H groups in total. The first-order chi connectivity index (χ1) is 3.80. The van der Waals surface area contributed by atoms with Crippen molar-refractivity contribution in [3.8, 4) is 0 Å². The molecule has 0 amide bonds. The summed E-state index contributed by atoms with van der Waals surface area (Å²) >= 11 is 0. The molecule has 0 aliphatic carbocycles. The molecule has 1 aromatic rings. The lowest BCUT2D eigenvalue weighted by molar-refractivity contribution is 0.629. The maximum atomic E-state index is 11.5. The summed E-state index contributed by atoms with van der Waals surface area (Å²) in [6.45, 7) is 0. The smallest absolute Gasteiger partial charge is 0.322 e. The van der Waals surface area contributed by atoms with E-state index in [4.69, 9.17) is 0 Å². The molecule has 5 heteroatoms. The van der Waals surface area contributed by atoms with E-state index in [1.54, 1.807) is 0 Å². The third-order valence-electron chi connectivity index (χ3n) is 0.750. The van der Waals surface area contributed by atoms with Gasteiger partial charge >= 0.3 is 7.40 Å². The normalized spacial score (nSPS) is 9.25. The zero-order chi connectivity index (χ0) is 5.98. The standard InChI is InChI=1S/C3H3BF2N2/c5-4(6)8-2-1-7-3-8/h1-3H. The van der Waals surface area contributed by atoms with Crippen LogP contribution in [0.25, 0.3) is 0 Å². The van der Waals surface area contributed by atoms with E-state index in [-0.39, 0.29) is 0 Å².